The van der Waals surface area contributed by atoms with Gasteiger partial charge in [0.15, 0.2) is 0 Å². The molecule has 2 N–H and O–H groups in total. The molecule has 5 atom stereocenters. The summed E-state index contributed by atoms with van der Waals surface area (Å²) in [6.45, 7) is 0.719. The Balaban J connectivity index is 1.28. The first-order chi connectivity index (χ1) is 18.1. The number of benzene rings is 3. The van der Waals surface area contributed by atoms with Crippen molar-refractivity contribution in [2.24, 2.45) is 11.8 Å². The van der Waals surface area contributed by atoms with Crippen LogP contribution in [-0.2, 0) is 4.79 Å². The first kappa shape index (κ1) is 24.1. The topological polar surface area (TPSA) is 61.4 Å². The number of anilines is 1. The molecule has 1 saturated heterocycles. The molecule has 6 heteroatoms. The number of halogens is 1. The molecule has 0 bridgehead atoms. The Labute approximate surface area is 223 Å². The highest BCUT2D eigenvalue weighted by Crippen LogP contribution is 2.52. The van der Waals surface area contributed by atoms with Crippen molar-refractivity contribution in [3.63, 3.8) is 0 Å². The Morgan fingerprint density at radius 1 is 0.892 bits per heavy atom. The number of carbonyl (C=O) groups is 2. The van der Waals surface area contributed by atoms with Crippen molar-refractivity contribution in [2.45, 2.75) is 50.2 Å². The highest BCUT2D eigenvalue weighted by Gasteiger charge is 2.48. The van der Waals surface area contributed by atoms with Crippen LogP contribution >= 0.6 is 11.6 Å². The third-order valence-electron chi connectivity index (χ3n) is 8.39. The summed E-state index contributed by atoms with van der Waals surface area (Å²) in [4.78, 5) is 29.3. The second-order valence-electron chi connectivity index (χ2n) is 10.5. The summed E-state index contributed by atoms with van der Waals surface area (Å²) in [7, 11) is 0. The summed E-state index contributed by atoms with van der Waals surface area (Å²) < 4.78 is 0. The number of para-hydroxylation sites is 1. The smallest absolute Gasteiger partial charge is 0.251 e. The van der Waals surface area contributed by atoms with Gasteiger partial charge in [0.2, 0.25) is 5.91 Å². The predicted molar refractivity (Wildman–Crippen MR) is 146 cm³/mol. The Kier molecular flexibility index (Phi) is 6.64. The average Bonchev–Trinajstić information content (AvgIpc) is 3.39. The quantitative estimate of drug-likeness (QED) is 0.425. The summed E-state index contributed by atoms with van der Waals surface area (Å²) in [5.74, 6) is 0.120. The molecule has 0 spiro atoms. The number of nitrogens with zero attached hydrogens (tertiary/aromatic N) is 1. The molecule has 5 nitrogen and oxygen atoms in total. The van der Waals surface area contributed by atoms with Crippen LogP contribution in [0.5, 0.6) is 0 Å². The Morgan fingerprint density at radius 3 is 2.51 bits per heavy atom. The molecule has 2 heterocycles. The van der Waals surface area contributed by atoms with Crippen LogP contribution in [0.4, 0.5) is 5.69 Å². The predicted octanol–water partition coefficient (Wildman–Crippen LogP) is 6.39. The van der Waals surface area contributed by atoms with E-state index in [1.807, 2.05) is 54.6 Å². The lowest BCUT2D eigenvalue weighted by Gasteiger charge is -2.42. The number of nitrogens with one attached hydrogen (secondary N) is 2. The zero-order chi connectivity index (χ0) is 25.4. The summed E-state index contributed by atoms with van der Waals surface area (Å²) in [5.41, 5.74) is 4.04. The fourth-order valence-electron chi connectivity index (χ4n) is 6.66. The van der Waals surface area contributed by atoms with E-state index in [2.05, 4.69) is 39.8 Å². The highest BCUT2D eigenvalue weighted by atomic mass is 35.5. The van der Waals surface area contributed by atoms with Crippen molar-refractivity contribution in [1.29, 1.82) is 0 Å². The fraction of sp³-hybridized carbons (Fsp3) is 0.355. The van der Waals surface area contributed by atoms with Crippen molar-refractivity contribution in [3.8, 4) is 0 Å². The third-order valence-corrected chi connectivity index (χ3v) is 8.62. The molecule has 3 aromatic rings. The molecule has 3 aliphatic rings. The summed E-state index contributed by atoms with van der Waals surface area (Å²) >= 11 is 6.36. The largest absolute Gasteiger partial charge is 0.378 e. The SMILES string of the molecule is O=C(N[C@@H]1CCCC[C@@H]1C(=O)N1CC[C@H]2[C@@H](c3cccc(Cl)c3)Nc3ccccc3[C@H]21)c1ccccc1. The van der Waals surface area contributed by atoms with Gasteiger partial charge in [-0.15, -0.1) is 0 Å². The van der Waals surface area contributed by atoms with Crippen molar-refractivity contribution in [2.75, 3.05) is 11.9 Å². The van der Waals surface area contributed by atoms with Crippen LogP contribution in [0, 0.1) is 11.8 Å². The molecule has 2 aliphatic heterocycles. The van der Waals surface area contributed by atoms with Gasteiger partial charge < -0.3 is 15.5 Å². The third kappa shape index (κ3) is 4.61. The van der Waals surface area contributed by atoms with E-state index in [0.29, 0.717) is 5.56 Å². The number of hydrogen-bond acceptors (Lipinski definition) is 3. The first-order valence-electron chi connectivity index (χ1n) is 13.4. The van der Waals surface area contributed by atoms with Crippen molar-refractivity contribution in [1.82, 2.24) is 10.2 Å². The van der Waals surface area contributed by atoms with Gasteiger partial charge in [-0.2, -0.15) is 0 Å². The van der Waals surface area contributed by atoms with Crippen LogP contribution in [0.2, 0.25) is 5.02 Å². The molecule has 0 radical (unpaired) electrons. The number of likely N-dealkylation sites (tertiary alicyclic amines) is 1. The molecule has 6 rings (SSSR count). The first-order valence-corrected chi connectivity index (χ1v) is 13.8. The highest BCUT2D eigenvalue weighted by molar-refractivity contribution is 6.30. The van der Waals surface area contributed by atoms with E-state index in [-0.39, 0.29) is 41.8 Å². The lowest BCUT2D eigenvalue weighted by Crippen LogP contribution is -2.50. The fourth-order valence-corrected chi connectivity index (χ4v) is 6.85. The van der Waals surface area contributed by atoms with E-state index < -0.39 is 0 Å². The van der Waals surface area contributed by atoms with Crippen LogP contribution in [0.3, 0.4) is 0 Å². The van der Waals surface area contributed by atoms with Crippen LogP contribution in [0.15, 0.2) is 78.9 Å². The van der Waals surface area contributed by atoms with E-state index in [1.165, 1.54) is 5.56 Å². The number of rotatable bonds is 4. The minimum absolute atomic E-state index is 0.00123. The average molecular weight is 514 g/mol. The molecule has 0 unspecified atom stereocenters. The van der Waals surface area contributed by atoms with Gasteiger partial charge in [-0.05, 0) is 60.7 Å². The van der Waals surface area contributed by atoms with E-state index in [1.54, 1.807) is 0 Å². The maximum atomic E-state index is 14.2. The maximum absolute atomic E-state index is 14.2. The molecule has 1 aliphatic carbocycles. The lowest BCUT2D eigenvalue weighted by molar-refractivity contribution is -0.138. The Bertz CT molecular complexity index is 1300. The van der Waals surface area contributed by atoms with Gasteiger partial charge in [0.1, 0.15) is 0 Å². The second kappa shape index (κ2) is 10.2. The second-order valence-corrected chi connectivity index (χ2v) is 11.0. The van der Waals surface area contributed by atoms with Crippen molar-refractivity contribution in [3.05, 3.63) is 101 Å². The number of hydrogen-bond donors (Lipinski definition) is 2. The molecular weight excluding hydrogens is 482 g/mol. The zero-order valence-corrected chi connectivity index (χ0v) is 21.5. The van der Waals surface area contributed by atoms with E-state index in [4.69, 9.17) is 11.6 Å². The van der Waals surface area contributed by atoms with Crippen LogP contribution in [0.25, 0.3) is 0 Å². The number of fused-ring (bicyclic) bond motifs is 3. The molecule has 2 amide bonds. The van der Waals surface area contributed by atoms with Gasteiger partial charge in [0, 0.05) is 34.8 Å². The number of amides is 2. The van der Waals surface area contributed by atoms with Crippen molar-refractivity contribution >= 4 is 29.1 Å². The Hall–Kier alpha value is -3.31. The molecule has 3 aromatic carbocycles. The van der Waals surface area contributed by atoms with Gasteiger partial charge in [-0.25, -0.2) is 0 Å². The van der Waals surface area contributed by atoms with E-state index in [0.717, 1.165) is 54.9 Å². The molecular formula is C31H32ClN3O2. The standard InChI is InChI=1S/C31H32ClN3O2/c32-22-12-8-11-21(19-22)28-25-17-18-35(29(25)23-13-4-6-15-26(23)33-28)31(37)24-14-5-7-16-27(24)34-30(36)20-9-2-1-3-10-20/h1-4,6,8-13,15,19,24-25,27-29,33H,5,7,14,16-18H2,(H,34,36)/t24-,25-,27+,28+,29+/m0/s1. The molecule has 1 saturated carbocycles. The minimum Gasteiger partial charge on any atom is -0.378 e. The summed E-state index contributed by atoms with van der Waals surface area (Å²) in [6.07, 6.45) is 4.60. The van der Waals surface area contributed by atoms with Crippen LogP contribution in [-0.4, -0.2) is 29.3 Å². The summed E-state index contributed by atoms with van der Waals surface area (Å²) in [6, 6.07) is 25.6. The van der Waals surface area contributed by atoms with Gasteiger partial charge >= 0.3 is 0 Å². The van der Waals surface area contributed by atoms with Gasteiger partial charge in [-0.1, -0.05) is 73.0 Å². The monoisotopic (exact) mass is 513 g/mol. The van der Waals surface area contributed by atoms with Crippen LogP contribution < -0.4 is 10.6 Å². The minimum atomic E-state index is -0.202. The van der Waals surface area contributed by atoms with Gasteiger partial charge in [0.25, 0.3) is 5.91 Å². The van der Waals surface area contributed by atoms with E-state index in [9.17, 15) is 9.59 Å². The summed E-state index contributed by atoms with van der Waals surface area (Å²) in [5, 5.41) is 7.68. The van der Waals surface area contributed by atoms with Crippen LogP contribution in [0.1, 0.15) is 65.7 Å². The maximum Gasteiger partial charge on any atom is 0.251 e. The lowest BCUT2D eigenvalue weighted by atomic mass is 9.79. The van der Waals surface area contributed by atoms with E-state index >= 15 is 0 Å². The van der Waals surface area contributed by atoms with Gasteiger partial charge in [-0.3, -0.25) is 9.59 Å². The molecule has 2 fully saturated rings. The van der Waals surface area contributed by atoms with Crippen molar-refractivity contribution < 1.29 is 9.59 Å². The molecule has 37 heavy (non-hydrogen) atoms. The molecule has 190 valence electrons. The zero-order valence-electron chi connectivity index (χ0n) is 20.8. The van der Waals surface area contributed by atoms with Gasteiger partial charge in [0.05, 0.1) is 18.0 Å². The molecule has 0 aromatic heterocycles. The normalized spacial score (nSPS) is 26.5. The number of carbonyl (C=O) groups excluding carboxylic acids is 2. The Morgan fingerprint density at radius 2 is 1.68 bits per heavy atom.